The van der Waals surface area contributed by atoms with E-state index >= 15 is 0 Å². The molecule has 17 heavy (non-hydrogen) atoms. The second kappa shape index (κ2) is 5.22. The van der Waals surface area contributed by atoms with E-state index in [9.17, 15) is 0 Å². The van der Waals surface area contributed by atoms with Gasteiger partial charge in [0.05, 0.1) is 0 Å². The number of hydrogen-bond donors (Lipinski definition) is 0. The van der Waals surface area contributed by atoms with Crippen molar-refractivity contribution >= 4 is 0 Å². The Bertz CT molecular complexity index is 332. The molecule has 1 heteroatoms. The van der Waals surface area contributed by atoms with Crippen LogP contribution >= 0.6 is 0 Å². The first kappa shape index (κ1) is 12.6. The zero-order chi connectivity index (χ0) is 12.3. The lowest BCUT2D eigenvalue weighted by atomic mass is 9.95. The van der Waals surface area contributed by atoms with Crippen molar-refractivity contribution in [2.24, 2.45) is 11.3 Å². The maximum Gasteiger partial charge on any atom is 0.0234 e. The summed E-state index contributed by atoms with van der Waals surface area (Å²) in [4.78, 5) is 2.63. The summed E-state index contributed by atoms with van der Waals surface area (Å²) in [5, 5.41) is 0. The molecule has 1 nitrogen and oxygen atoms in total. The van der Waals surface area contributed by atoms with Crippen LogP contribution in [0, 0.1) is 11.3 Å². The summed E-state index contributed by atoms with van der Waals surface area (Å²) in [6, 6.07) is 10.9. The standard InChI is InChI=1S/C16H25N/c1-16(2,3)13-17(12-15-9-10-15)11-14-7-5-4-6-8-14/h4-8,15H,9-13H2,1-3H3. The third-order valence-corrected chi connectivity index (χ3v) is 3.16. The summed E-state index contributed by atoms with van der Waals surface area (Å²) in [6.45, 7) is 10.6. The number of rotatable bonds is 5. The summed E-state index contributed by atoms with van der Waals surface area (Å²) in [7, 11) is 0. The molecule has 1 aliphatic rings. The Hall–Kier alpha value is -0.820. The van der Waals surface area contributed by atoms with E-state index in [-0.39, 0.29) is 0 Å². The molecule has 0 saturated heterocycles. The molecule has 1 aromatic rings. The largest absolute Gasteiger partial charge is 0.298 e. The Morgan fingerprint density at radius 2 is 1.76 bits per heavy atom. The smallest absolute Gasteiger partial charge is 0.0234 e. The second-order valence-electron chi connectivity index (χ2n) is 6.66. The Morgan fingerprint density at radius 1 is 1.12 bits per heavy atom. The zero-order valence-corrected chi connectivity index (χ0v) is 11.4. The monoisotopic (exact) mass is 231 g/mol. The van der Waals surface area contributed by atoms with Gasteiger partial charge < -0.3 is 0 Å². The van der Waals surface area contributed by atoms with Gasteiger partial charge in [0.15, 0.2) is 0 Å². The van der Waals surface area contributed by atoms with Gasteiger partial charge in [-0.15, -0.1) is 0 Å². The van der Waals surface area contributed by atoms with Crippen LogP contribution in [-0.2, 0) is 6.54 Å². The first-order valence-electron chi connectivity index (χ1n) is 6.79. The summed E-state index contributed by atoms with van der Waals surface area (Å²) >= 11 is 0. The Balaban J connectivity index is 1.94. The van der Waals surface area contributed by atoms with Crippen LogP contribution in [0.1, 0.15) is 39.2 Å². The van der Waals surface area contributed by atoms with Gasteiger partial charge >= 0.3 is 0 Å². The lowest BCUT2D eigenvalue weighted by Gasteiger charge is -2.30. The SMILES string of the molecule is CC(C)(C)CN(Cc1ccccc1)CC1CC1. The van der Waals surface area contributed by atoms with Crippen LogP contribution in [0.5, 0.6) is 0 Å². The molecule has 1 aliphatic carbocycles. The Kier molecular flexibility index (Phi) is 3.88. The van der Waals surface area contributed by atoms with Crippen LogP contribution in [0.25, 0.3) is 0 Å². The first-order chi connectivity index (χ1) is 8.03. The number of benzene rings is 1. The van der Waals surface area contributed by atoms with Crippen LogP contribution in [0.15, 0.2) is 30.3 Å². The summed E-state index contributed by atoms with van der Waals surface area (Å²) < 4.78 is 0. The average molecular weight is 231 g/mol. The maximum atomic E-state index is 2.63. The highest BCUT2D eigenvalue weighted by atomic mass is 15.1. The number of hydrogen-bond acceptors (Lipinski definition) is 1. The molecular formula is C16H25N. The van der Waals surface area contributed by atoms with E-state index in [2.05, 4.69) is 56.0 Å². The molecule has 0 radical (unpaired) electrons. The summed E-state index contributed by atoms with van der Waals surface area (Å²) in [6.07, 6.45) is 2.88. The first-order valence-corrected chi connectivity index (χ1v) is 6.79. The highest BCUT2D eigenvalue weighted by molar-refractivity contribution is 5.14. The fourth-order valence-corrected chi connectivity index (χ4v) is 2.36. The molecule has 94 valence electrons. The molecular weight excluding hydrogens is 206 g/mol. The summed E-state index contributed by atoms with van der Waals surface area (Å²) in [5.74, 6) is 0.973. The fourth-order valence-electron chi connectivity index (χ4n) is 2.36. The zero-order valence-electron chi connectivity index (χ0n) is 11.4. The van der Waals surface area contributed by atoms with Crippen molar-refractivity contribution in [3.63, 3.8) is 0 Å². The topological polar surface area (TPSA) is 3.24 Å². The molecule has 0 atom stereocenters. The van der Waals surface area contributed by atoms with Crippen LogP contribution in [0.3, 0.4) is 0 Å². The summed E-state index contributed by atoms with van der Waals surface area (Å²) in [5.41, 5.74) is 1.83. The minimum atomic E-state index is 0.393. The van der Waals surface area contributed by atoms with E-state index in [0.29, 0.717) is 5.41 Å². The van der Waals surface area contributed by atoms with Crippen LogP contribution in [0.2, 0.25) is 0 Å². The van der Waals surface area contributed by atoms with Crippen molar-refractivity contribution < 1.29 is 0 Å². The van der Waals surface area contributed by atoms with Gasteiger partial charge in [0.2, 0.25) is 0 Å². The van der Waals surface area contributed by atoms with Gasteiger partial charge in [0.25, 0.3) is 0 Å². The normalized spacial score (nSPS) is 16.5. The molecule has 2 rings (SSSR count). The Morgan fingerprint density at radius 3 is 2.29 bits per heavy atom. The molecule has 0 unspecified atom stereocenters. The molecule has 0 aliphatic heterocycles. The van der Waals surface area contributed by atoms with Crippen molar-refractivity contribution in [1.29, 1.82) is 0 Å². The highest BCUT2D eigenvalue weighted by Crippen LogP contribution is 2.31. The molecule has 0 aromatic heterocycles. The van der Waals surface area contributed by atoms with E-state index in [1.807, 2.05) is 0 Å². The van der Waals surface area contributed by atoms with E-state index < -0.39 is 0 Å². The quantitative estimate of drug-likeness (QED) is 0.742. The van der Waals surface area contributed by atoms with E-state index in [1.54, 1.807) is 0 Å². The van der Waals surface area contributed by atoms with E-state index in [0.717, 1.165) is 12.5 Å². The third-order valence-electron chi connectivity index (χ3n) is 3.16. The molecule has 1 aromatic carbocycles. The van der Waals surface area contributed by atoms with Crippen molar-refractivity contribution in [3.8, 4) is 0 Å². The maximum absolute atomic E-state index is 2.63. The fraction of sp³-hybridized carbons (Fsp3) is 0.625. The van der Waals surface area contributed by atoms with E-state index in [4.69, 9.17) is 0 Å². The Labute approximate surface area is 106 Å². The number of nitrogens with zero attached hydrogens (tertiary/aromatic N) is 1. The second-order valence-corrected chi connectivity index (χ2v) is 6.66. The van der Waals surface area contributed by atoms with Crippen molar-refractivity contribution in [2.45, 2.75) is 40.2 Å². The minimum Gasteiger partial charge on any atom is -0.298 e. The minimum absolute atomic E-state index is 0.393. The van der Waals surface area contributed by atoms with Crippen LogP contribution < -0.4 is 0 Å². The van der Waals surface area contributed by atoms with Crippen LogP contribution in [0.4, 0.5) is 0 Å². The van der Waals surface area contributed by atoms with Crippen molar-refractivity contribution in [2.75, 3.05) is 13.1 Å². The van der Waals surface area contributed by atoms with Crippen LogP contribution in [-0.4, -0.2) is 18.0 Å². The van der Waals surface area contributed by atoms with Gasteiger partial charge in [0, 0.05) is 19.6 Å². The lowest BCUT2D eigenvalue weighted by molar-refractivity contribution is 0.177. The van der Waals surface area contributed by atoms with E-state index in [1.165, 1.54) is 31.5 Å². The molecule has 0 bridgehead atoms. The van der Waals surface area contributed by atoms with Gasteiger partial charge in [0.1, 0.15) is 0 Å². The molecule has 1 saturated carbocycles. The molecule has 1 fully saturated rings. The lowest BCUT2D eigenvalue weighted by Crippen LogP contribution is -2.33. The average Bonchev–Trinajstić information content (AvgIpc) is 3.00. The van der Waals surface area contributed by atoms with Gasteiger partial charge in [-0.25, -0.2) is 0 Å². The van der Waals surface area contributed by atoms with Gasteiger partial charge in [-0.2, -0.15) is 0 Å². The predicted molar refractivity (Wildman–Crippen MR) is 73.9 cm³/mol. The molecule has 0 N–H and O–H groups in total. The van der Waals surface area contributed by atoms with Gasteiger partial charge in [-0.1, -0.05) is 51.1 Å². The highest BCUT2D eigenvalue weighted by Gasteiger charge is 2.26. The molecule has 0 spiro atoms. The van der Waals surface area contributed by atoms with Gasteiger partial charge in [-0.05, 0) is 29.7 Å². The molecule has 0 amide bonds. The van der Waals surface area contributed by atoms with Gasteiger partial charge in [-0.3, -0.25) is 4.90 Å². The van der Waals surface area contributed by atoms with Crippen molar-refractivity contribution in [3.05, 3.63) is 35.9 Å². The third kappa shape index (κ3) is 4.91. The molecule has 0 heterocycles. The van der Waals surface area contributed by atoms with Crippen molar-refractivity contribution in [1.82, 2.24) is 4.90 Å². The predicted octanol–water partition coefficient (Wildman–Crippen LogP) is 3.94.